The molecule has 0 aromatic heterocycles. The molecular formula is C8H15NO3. The van der Waals surface area contributed by atoms with E-state index in [0.29, 0.717) is 6.61 Å². The normalized spacial score (nSPS) is 25.3. The molecule has 12 heavy (non-hydrogen) atoms. The Morgan fingerprint density at radius 3 is 3.08 bits per heavy atom. The second kappa shape index (κ2) is 4.42. The average Bonchev–Trinajstić information content (AvgIpc) is 2.56. The molecule has 0 bridgehead atoms. The van der Waals surface area contributed by atoms with Crippen molar-refractivity contribution in [1.82, 2.24) is 5.32 Å². The van der Waals surface area contributed by atoms with Crippen molar-refractivity contribution in [3.63, 3.8) is 0 Å². The second-order valence-electron chi connectivity index (χ2n) is 3.09. The van der Waals surface area contributed by atoms with Crippen molar-refractivity contribution in [3.05, 3.63) is 0 Å². The minimum absolute atomic E-state index is 0.0293. The molecular weight excluding hydrogens is 158 g/mol. The Kier molecular flexibility index (Phi) is 3.49. The van der Waals surface area contributed by atoms with Crippen LogP contribution in [0.5, 0.6) is 0 Å². The third kappa shape index (κ3) is 2.46. The molecule has 2 N–H and O–H groups in total. The van der Waals surface area contributed by atoms with Crippen molar-refractivity contribution >= 4 is 5.91 Å². The Labute approximate surface area is 71.9 Å². The molecule has 1 rings (SSSR count). The van der Waals surface area contributed by atoms with Crippen LogP contribution in [-0.2, 0) is 9.53 Å². The smallest absolute Gasteiger partial charge is 0.249 e. The molecule has 1 heterocycles. The van der Waals surface area contributed by atoms with Crippen LogP contribution in [0.4, 0.5) is 0 Å². The molecule has 1 aliphatic rings. The van der Waals surface area contributed by atoms with Crippen molar-refractivity contribution in [2.24, 2.45) is 0 Å². The fourth-order valence-corrected chi connectivity index (χ4v) is 1.17. The molecule has 4 nitrogen and oxygen atoms in total. The molecule has 0 aliphatic carbocycles. The molecule has 0 radical (unpaired) electrons. The molecule has 1 fully saturated rings. The van der Waals surface area contributed by atoms with Crippen LogP contribution in [0.2, 0.25) is 0 Å². The molecule has 1 saturated heterocycles. The summed E-state index contributed by atoms with van der Waals surface area (Å²) in [7, 11) is 0. The van der Waals surface area contributed by atoms with Gasteiger partial charge in [0.05, 0.1) is 6.61 Å². The molecule has 0 spiro atoms. The summed E-state index contributed by atoms with van der Waals surface area (Å²) < 4.78 is 5.17. The van der Waals surface area contributed by atoms with Crippen LogP contribution < -0.4 is 5.32 Å². The molecule has 1 aliphatic heterocycles. The van der Waals surface area contributed by atoms with E-state index in [0.717, 1.165) is 12.8 Å². The van der Waals surface area contributed by atoms with Gasteiger partial charge in [0.25, 0.3) is 0 Å². The molecule has 2 unspecified atom stereocenters. The lowest BCUT2D eigenvalue weighted by Crippen LogP contribution is -2.41. The third-order valence-corrected chi connectivity index (χ3v) is 1.88. The van der Waals surface area contributed by atoms with E-state index < -0.39 is 0 Å². The predicted molar refractivity (Wildman–Crippen MR) is 43.7 cm³/mol. The monoisotopic (exact) mass is 173 g/mol. The van der Waals surface area contributed by atoms with Crippen LogP contribution in [0.1, 0.15) is 19.8 Å². The van der Waals surface area contributed by atoms with Crippen LogP contribution in [0.25, 0.3) is 0 Å². The minimum Gasteiger partial charge on any atom is -0.394 e. The van der Waals surface area contributed by atoms with E-state index in [1.807, 2.05) is 0 Å². The van der Waals surface area contributed by atoms with Gasteiger partial charge >= 0.3 is 0 Å². The summed E-state index contributed by atoms with van der Waals surface area (Å²) in [5, 5.41) is 11.3. The summed E-state index contributed by atoms with van der Waals surface area (Å²) in [6.45, 7) is 2.40. The SMILES string of the molecule is CC(CO)NC(=O)C1CCCO1. The molecule has 1 amide bonds. The molecule has 70 valence electrons. The number of rotatable bonds is 3. The summed E-state index contributed by atoms with van der Waals surface area (Å²) in [6.07, 6.45) is 1.45. The topological polar surface area (TPSA) is 58.6 Å². The Morgan fingerprint density at radius 2 is 2.58 bits per heavy atom. The number of aliphatic hydroxyl groups excluding tert-OH is 1. The van der Waals surface area contributed by atoms with Crippen molar-refractivity contribution in [2.75, 3.05) is 13.2 Å². The Morgan fingerprint density at radius 1 is 1.83 bits per heavy atom. The highest BCUT2D eigenvalue weighted by Gasteiger charge is 2.23. The highest BCUT2D eigenvalue weighted by atomic mass is 16.5. The molecule has 0 saturated carbocycles. The summed E-state index contributed by atoms with van der Waals surface area (Å²) in [5.74, 6) is -0.103. The van der Waals surface area contributed by atoms with E-state index >= 15 is 0 Å². The lowest BCUT2D eigenvalue weighted by Gasteiger charge is -2.14. The van der Waals surface area contributed by atoms with Gasteiger partial charge in [0.2, 0.25) is 5.91 Å². The molecule has 2 atom stereocenters. The number of aliphatic hydroxyl groups is 1. The minimum atomic E-state index is -0.293. The zero-order chi connectivity index (χ0) is 8.97. The first kappa shape index (κ1) is 9.48. The van der Waals surface area contributed by atoms with Crippen molar-refractivity contribution in [1.29, 1.82) is 0 Å². The van der Waals surface area contributed by atoms with E-state index in [1.54, 1.807) is 6.92 Å². The van der Waals surface area contributed by atoms with Crippen LogP contribution in [0, 0.1) is 0 Å². The van der Waals surface area contributed by atoms with Gasteiger partial charge in [-0.3, -0.25) is 4.79 Å². The van der Waals surface area contributed by atoms with Crippen molar-refractivity contribution in [2.45, 2.75) is 31.9 Å². The van der Waals surface area contributed by atoms with Crippen molar-refractivity contribution < 1.29 is 14.6 Å². The average molecular weight is 173 g/mol. The van der Waals surface area contributed by atoms with E-state index in [-0.39, 0.29) is 24.7 Å². The summed E-state index contributed by atoms with van der Waals surface area (Å²) in [4.78, 5) is 11.3. The number of amides is 1. The first-order valence-corrected chi connectivity index (χ1v) is 4.27. The molecule has 0 aromatic rings. The maximum atomic E-state index is 11.3. The van der Waals surface area contributed by atoms with Gasteiger partial charge in [-0.25, -0.2) is 0 Å². The molecule has 0 aromatic carbocycles. The third-order valence-electron chi connectivity index (χ3n) is 1.88. The summed E-state index contributed by atoms with van der Waals surface area (Å²) in [5.41, 5.74) is 0. The lowest BCUT2D eigenvalue weighted by molar-refractivity contribution is -0.130. The number of hydrogen-bond donors (Lipinski definition) is 2. The largest absolute Gasteiger partial charge is 0.394 e. The number of carbonyl (C=O) groups excluding carboxylic acids is 1. The van der Waals surface area contributed by atoms with Gasteiger partial charge in [-0.1, -0.05) is 0 Å². The first-order valence-electron chi connectivity index (χ1n) is 4.27. The quantitative estimate of drug-likeness (QED) is 0.614. The number of ether oxygens (including phenoxy) is 1. The van der Waals surface area contributed by atoms with Gasteiger partial charge in [-0.05, 0) is 19.8 Å². The van der Waals surface area contributed by atoms with E-state index in [9.17, 15) is 4.79 Å². The summed E-state index contributed by atoms with van der Waals surface area (Å²) >= 11 is 0. The van der Waals surface area contributed by atoms with Crippen LogP contribution >= 0.6 is 0 Å². The predicted octanol–water partition coefficient (Wildman–Crippen LogP) is -0.338. The van der Waals surface area contributed by atoms with Gasteiger partial charge in [0, 0.05) is 12.6 Å². The van der Waals surface area contributed by atoms with Gasteiger partial charge in [0.1, 0.15) is 6.10 Å². The number of carbonyl (C=O) groups is 1. The number of nitrogens with one attached hydrogen (secondary N) is 1. The van der Waals surface area contributed by atoms with Gasteiger partial charge < -0.3 is 15.2 Å². The van der Waals surface area contributed by atoms with Crippen LogP contribution in [0.3, 0.4) is 0 Å². The standard InChI is InChI=1S/C8H15NO3/c1-6(5-10)9-8(11)7-3-2-4-12-7/h6-7,10H,2-5H2,1H3,(H,9,11). The van der Waals surface area contributed by atoms with Crippen molar-refractivity contribution in [3.8, 4) is 0 Å². The highest BCUT2D eigenvalue weighted by Crippen LogP contribution is 2.11. The maximum Gasteiger partial charge on any atom is 0.249 e. The second-order valence-corrected chi connectivity index (χ2v) is 3.09. The van der Waals surface area contributed by atoms with E-state index in [4.69, 9.17) is 9.84 Å². The number of hydrogen-bond acceptors (Lipinski definition) is 3. The fourth-order valence-electron chi connectivity index (χ4n) is 1.17. The first-order chi connectivity index (χ1) is 5.74. The molecule has 4 heteroatoms. The van der Waals surface area contributed by atoms with Crippen LogP contribution in [-0.4, -0.2) is 36.4 Å². The fraction of sp³-hybridized carbons (Fsp3) is 0.875. The Bertz CT molecular complexity index is 154. The van der Waals surface area contributed by atoms with Gasteiger partial charge in [0.15, 0.2) is 0 Å². The summed E-state index contributed by atoms with van der Waals surface area (Å²) in [6, 6.07) is -0.179. The lowest BCUT2D eigenvalue weighted by atomic mass is 10.2. The van der Waals surface area contributed by atoms with Gasteiger partial charge in [-0.2, -0.15) is 0 Å². The zero-order valence-corrected chi connectivity index (χ0v) is 7.25. The van der Waals surface area contributed by atoms with Crippen LogP contribution in [0.15, 0.2) is 0 Å². The maximum absolute atomic E-state index is 11.3. The van der Waals surface area contributed by atoms with Gasteiger partial charge in [-0.15, -0.1) is 0 Å². The highest BCUT2D eigenvalue weighted by molar-refractivity contribution is 5.81. The Hall–Kier alpha value is -0.610. The van der Waals surface area contributed by atoms with E-state index in [2.05, 4.69) is 5.32 Å². The van der Waals surface area contributed by atoms with E-state index in [1.165, 1.54) is 0 Å². The zero-order valence-electron chi connectivity index (χ0n) is 7.25. The Balaban J connectivity index is 2.27.